The Morgan fingerprint density at radius 3 is 2.57 bits per heavy atom. The molecule has 1 aliphatic heterocycles. The maximum atomic E-state index is 11.7. The number of aliphatic hydroxyl groups is 4. The maximum Gasteiger partial charge on any atom is 0.278 e. The Kier molecular flexibility index (Phi) is 6.97. The molecule has 3 atom stereocenters. The average Bonchev–Trinajstić information content (AvgIpc) is 2.49. The van der Waals surface area contributed by atoms with Crippen molar-refractivity contribution in [1.29, 1.82) is 0 Å². The van der Waals surface area contributed by atoms with Gasteiger partial charge in [0.05, 0.1) is 31.0 Å². The summed E-state index contributed by atoms with van der Waals surface area (Å²) in [5, 5.41) is 41.8. The summed E-state index contributed by atoms with van der Waals surface area (Å²) >= 11 is 0. The lowest BCUT2D eigenvalue weighted by molar-refractivity contribution is -0.129. The molecule has 1 aliphatic rings. The molecule has 1 rings (SSSR count). The van der Waals surface area contributed by atoms with Crippen LogP contribution in [0.2, 0.25) is 0 Å². The van der Waals surface area contributed by atoms with E-state index in [2.05, 4.69) is 10.3 Å². The second-order valence-corrected chi connectivity index (χ2v) is 4.94. The van der Waals surface area contributed by atoms with Gasteiger partial charge in [-0.05, 0) is 0 Å². The minimum Gasteiger partial charge on any atom is -0.394 e. The van der Waals surface area contributed by atoms with E-state index < -0.39 is 42.5 Å². The van der Waals surface area contributed by atoms with Gasteiger partial charge in [-0.15, -0.1) is 0 Å². The molecule has 0 bridgehead atoms. The number of imide groups is 1. The SMILES string of the molecule is CC(=O)C=NC1=C(NC[C@H](O)[C@H](O)[C@H](O)CO)CC(=O)NC1=O. The van der Waals surface area contributed by atoms with Crippen molar-refractivity contribution < 1.29 is 34.8 Å². The van der Waals surface area contributed by atoms with Crippen LogP contribution in [-0.2, 0) is 14.4 Å². The molecule has 0 saturated carbocycles. The smallest absolute Gasteiger partial charge is 0.278 e. The first-order valence-electron chi connectivity index (χ1n) is 6.77. The molecular formula is C13H19N3O7. The van der Waals surface area contributed by atoms with Crippen LogP contribution in [0.25, 0.3) is 0 Å². The fourth-order valence-electron chi connectivity index (χ4n) is 1.76. The van der Waals surface area contributed by atoms with Gasteiger partial charge in [-0.3, -0.25) is 19.7 Å². The van der Waals surface area contributed by atoms with E-state index in [1.807, 2.05) is 5.32 Å². The van der Waals surface area contributed by atoms with E-state index in [0.717, 1.165) is 6.21 Å². The summed E-state index contributed by atoms with van der Waals surface area (Å²) in [6.07, 6.45) is -3.95. The Labute approximate surface area is 131 Å². The summed E-state index contributed by atoms with van der Waals surface area (Å²) in [6.45, 7) is 0.183. The van der Waals surface area contributed by atoms with Crippen molar-refractivity contribution in [2.75, 3.05) is 13.2 Å². The van der Waals surface area contributed by atoms with Gasteiger partial charge < -0.3 is 25.7 Å². The van der Waals surface area contributed by atoms with Gasteiger partial charge in [0, 0.05) is 13.5 Å². The highest BCUT2D eigenvalue weighted by molar-refractivity contribution is 6.27. The number of hydrogen-bond donors (Lipinski definition) is 6. The summed E-state index contributed by atoms with van der Waals surface area (Å²) < 4.78 is 0. The molecule has 10 nitrogen and oxygen atoms in total. The maximum absolute atomic E-state index is 11.7. The molecule has 0 fully saturated rings. The summed E-state index contributed by atoms with van der Waals surface area (Å²) in [6, 6.07) is 0. The molecular weight excluding hydrogens is 310 g/mol. The predicted molar refractivity (Wildman–Crippen MR) is 77.1 cm³/mol. The quantitative estimate of drug-likeness (QED) is 0.197. The van der Waals surface area contributed by atoms with Crippen LogP contribution in [-0.4, -0.2) is 75.7 Å². The van der Waals surface area contributed by atoms with Crippen molar-refractivity contribution in [3.05, 3.63) is 11.4 Å². The van der Waals surface area contributed by atoms with E-state index >= 15 is 0 Å². The first kappa shape index (κ1) is 18.9. The van der Waals surface area contributed by atoms with Gasteiger partial charge in [-0.25, -0.2) is 4.99 Å². The number of carbonyl (C=O) groups is 3. The molecule has 1 heterocycles. The van der Waals surface area contributed by atoms with Crippen LogP contribution in [0.5, 0.6) is 0 Å². The molecule has 0 saturated heterocycles. The lowest BCUT2D eigenvalue weighted by Gasteiger charge is -2.24. The third-order valence-corrected chi connectivity index (χ3v) is 2.97. The summed E-state index contributed by atoms with van der Waals surface area (Å²) in [7, 11) is 0. The molecule has 0 aromatic heterocycles. The van der Waals surface area contributed by atoms with Gasteiger partial charge >= 0.3 is 0 Å². The highest BCUT2D eigenvalue weighted by Gasteiger charge is 2.28. The Hall–Kier alpha value is -2.14. The Balaban J connectivity index is 2.86. The molecule has 0 aromatic rings. The van der Waals surface area contributed by atoms with Crippen LogP contribution >= 0.6 is 0 Å². The van der Waals surface area contributed by atoms with Crippen molar-refractivity contribution in [2.45, 2.75) is 31.7 Å². The fraction of sp³-hybridized carbons (Fsp3) is 0.538. The zero-order valence-corrected chi connectivity index (χ0v) is 12.4. The van der Waals surface area contributed by atoms with Crippen molar-refractivity contribution in [1.82, 2.24) is 10.6 Å². The number of nitrogens with zero attached hydrogens (tertiary/aromatic N) is 1. The first-order valence-corrected chi connectivity index (χ1v) is 6.77. The molecule has 0 spiro atoms. The van der Waals surface area contributed by atoms with Gasteiger partial charge in [0.2, 0.25) is 5.91 Å². The van der Waals surface area contributed by atoms with Crippen molar-refractivity contribution in [3.8, 4) is 0 Å². The van der Waals surface area contributed by atoms with E-state index in [1.54, 1.807) is 0 Å². The van der Waals surface area contributed by atoms with E-state index in [4.69, 9.17) is 5.11 Å². The van der Waals surface area contributed by atoms with Gasteiger partial charge in [0.25, 0.3) is 5.91 Å². The minimum atomic E-state index is -1.62. The third kappa shape index (κ3) is 5.53. The molecule has 6 N–H and O–H groups in total. The highest BCUT2D eigenvalue weighted by atomic mass is 16.4. The molecule has 2 amide bonds. The predicted octanol–water partition coefficient (Wildman–Crippen LogP) is -3.43. The second-order valence-electron chi connectivity index (χ2n) is 4.94. The van der Waals surface area contributed by atoms with Crippen molar-refractivity contribution in [2.24, 2.45) is 4.99 Å². The van der Waals surface area contributed by atoms with Crippen LogP contribution in [0, 0.1) is 0 Å². The third-order valence-electron chi connectivity index (χ3n) is 2.97. The fourth-order valence-corrected chi connectivity index (χ4v) is 1.76. The van der Waals surface area contributed by atoms with E-state index in [1.165, 1.54) is 6.92 Å². The van der Waals surface area contributed by atoms with Crippen LogP contribution in [0.15, 0.2) is 16.4 Å². The van der Waals surface area contributed by atoms with Gasteiger partial charge in [0.1, 0.15) is 17.9 Å². The molecule has 0 unspecified atom stereocenters. The van der Waals surface area contributed by atoms with Crippen LogP contribution in [0.1, 0.15) is 13.3 Å². The topological polar surface area (TPSA) is 169 Å². The van der Waals surface area contributed by atoms with E-state index in [0.29, 0.717) is 0 Å². The van der Waals surface area contributed by atoms with Gasteiger partial charge in [-0.2, -0.15) is 0 Å². The summed E-state index contributed by atoms with van der Waals surface area (Å²) in [4.78, 5) is 37.7. The Bertz CT molecular complexity index is 544. The lowest BCUT2D eigenvalue weighted by Crippen LogP contribution is -2.46. The lowest BCUT2D eigenvalue weighted by atomic mass is 10.1. The minimum absolute atomic E-state index is 0.0704. The number of ketones is 1. The molecule has 23 heavy (non-hydrogen) atoms. The molecule has 10 heteroatoms. The largest absolute Gasteiger partial charge is 0.394 e. The highest BCUT2D eigenvalue weighted by Crippen LogP contribution is 2.13. The average molecular weight is 329 g/mol. The number of hydrogen-bond acceptors (Lipinski definition) is 9. The molecule has 0 aliphatic carbocycles. The normalized spacial score (nSPS) is 19.5. The Morgan fingerprint density at radius 1 is 1.35 bits per heavy atom. The molecule has 0 radical (unpaired) electrons. The number of rotatable bonds is 8. The van der Waals surface area contributed by atoms with Crippen LogP contribution in [0.4, 0.5) is 0 Å². The van der Waals surface area contributed by atoms with Crippen molar-refractivity contribution in [3.63, 3.8) is 0 Å². The number of aliphatic imine (C=N–C) groups is 1. The number of amides is 2. The van der Waals surface area contributed by atoms with Crippen LogP contribution < -0.4 is 10.6 Å². The van der Waals surface area contributed by atoms with E-state index in [9.17, 15) is 29.7 Å². The summed E-state index contributed by atoms with van der Waals surface area (Å²) in [5.74, 6) is -1.79. The first-order chi connectivity index (χ1) is 10.8. The van der Waals surface area contributed by atoms with E-state index in [-0.39, 0.29) is 24.4 Å². The molecule has 128 valence electrons. The zero-order valence-electron chi connectivity index (χ0n) is 12.4. The zero-order chi connectivity index (χ0) is 17.6. The standard InChI is InChI=1S/C13H19N3O7/c1-6(18)3-15-11-7(2-10(21)16-13(11)23)14-4-8(19)12(22)9(20)5-17/h3,8-9,12,14,17,19-20,22H,2,4-5H2,1H3,(H,16,21,23)/t8-,9+,12-/m0/s1. The number of aliphatic hydroxyl groups excluding tert-OH is 4. The molecule has 0 aromatic carbocycles. The van der Waals surface area contributed by atoms with Crippen LogP contribution in [0.3, 0.4) is 0 Å². The number of carbonyl (C=O) groups excluding carboxylic acids is 3. The van der Waals surface area contributed by atoms with Gasteiger partial charge in [-0.1, -0.05) is 0 Å². The van der Waals surface area contributed by atoms with Gasteiger partial charge in [0.15, 0.2) is 5.78 Å². The number of nitrogens with one attached hydrogen (secondary N) is 2. The van der Waals surface area contributed by atoms with Crippen molar-refractivity contribution >= 4 is 23.8 Å². The number of Topliss-reactive ketones (excluding diaryl/α,β-unsaturated/α-hetero) is 1. The second kappa shape index (κ2) is 8.48. The Morgan fingerprint density at radius 2 is 2.00 bits per heavy atom. The summed E-state index contributed by atoms with van der Waals surface area (Å²) in [5.41, 5.74) is -0.120. The monoisotopic (exact) mass is 329 g/mol.